The third-order valence-electron chi connectivity index (χ3n) is 1.69. The fraction of sp³-hybridized carbons (Fsp3) is 1.00. The lowest BCUT2D eigenvalue weighted by atomic mass is 10.1. The highest BCUT2D eigenvalue weighted by molar-refractivity contribution is 4.82. The van der Waals surface area contributed by atoms with Gasteiger partial charge in [0.15, 0.2) is 6.10 Å². The number of alkyl halides is 3. The largest absolute Gasteiger partial charge is 0.416 e. The summed E-state index contributed by atoms with van der Waals surface area (Å²) in [5.74, 6) is 0. The third-order valence-corrected chi connectivity index (χ3v) is 1.69. The van der Waals surface area contributed by atoms with Gasteiger partial charge in [0.05, 0.1) is 18.8 Å². The monoisotopic (exact) mass is 186 g/mol. The normalized spacial score (nSPS) is 33.8. The highest BCUT2D eigenvalue weighted by Crippen LogP contribution is 2.28. The predicted octanol–water partition coefficient (Wildman–Crippen LogP) is 0.0594. The van der Waals surface area contributed by atoms with E-state index in [0.29, 0.717) is 0 Å². The maximum atomic E-state index is 11.8. The molecule has 2 N–H and O–H groups in total. The molecule has 1 saturated heterocycles. The minimum Gasteiger partial charge on any atom is -0.391 e. The molecule has 3 atom stereocenters. The first-order valence-electron chi connectivity index (χ1n) is 3.45. The lowest BCUT2D eigenvalue weighted by Gasteiger charge is -2.19. The van der Waals surface area contributed by atoms with Crippen LogP contribution >= 0.6 is 0 Å². The maximum absolute atomic E-state index is 11.8. The van der Waals surface area contributed by atoms with Crippen molar-refractivity contribution in [3.63, 3.8) is 0 Å². The minimum absolute atomic E-state index is 0.141. The molecule has 72 valence electrons. The Morgan fingerprint density at radius 3 is 2.33 bits per heavy atom. The van der Waals surface area contributed by atoms with Crippen LogP contribution in [0.2, 0.25) is 0 Å². The van der Waals surface area contributed by atoms with Gasteiger partial charge in [-0.15, -0.1) is 0 Å². The summed E-state index contributed by atoms with van der Waals surface area (Å²) in [6.45, 7) is -0.141. The van der Waals surface area contributed by atoms with Crippen LogP contribution in [0.5, 0.6) is 0 Å². The van der Waals surface area contributed by atoms with Crippen molar-refractivity contribution in [2.24, 2.45) is 0 Å². The van der Waals surface area contributed by atoms with Crippen LogP contribution in [-0.4, -0.2) is 41.3 Å². The van der Waals surface area contributed by atoms with Crippen molar-refractivity contribution in [3.05, 3.63) is 0 Å². The van der Waals surface area contributed by atoms with Crippen molar-refractivity contribution in [2.75, 3.05) is 6.61 Å². The Balaban J connectivity index is 2.48. The number of hydrogen-bond donors (Lipinski definition) is 2. The molecule has 0 aromatic heterocycles. The molecule has 1 heterocycles. The van der Waals surface area contributed by atoms with Crippen LogP contribution in [0.15, 0.2) is 0 Å². The molecule has 0 aromatic rings. The summed E-state index contributed by atoms with van der Waals surface area (Å²) in [7, 11) is 0. The van der Waals surface area contributed by atoms with Gasteiger partial charge in [-0.3, -0.25) is 0 Å². The van der Waals surface area contributed by atoms with Crippen molar-refractivity contribution in [1.29, 1.82) is 0 Å². The third kappa shape index (κ3) is 2.09. The zero-order valence-electron chi connectivity index (χ0n) is 6.08. The molecule has 3 nitrogen and oxygen atoms in total. The van der Waals surface area contributed by atoms with Gasteiger partial charge in [-0.25, -0.2) is 0 Å². The van der Waals surface area contributed by atoms with E-state index in [4.69, 9.17) is 10.2 Å². The zero-order chi connectivity index (χ0) is 9.35. The number of halogens is 3. The van der Waals surface area contributed by atoms with Gasteiger partial charge in [0.25, 0.3) is 0 Å². The van der Waals surface area contributed by atoms with Crippen LogP contribution in [0.3, 0.4) is 0 Å². The first-order chi connectivity index (χ1) is 5.41. The number of ether oxygens (including phenoxy) is 1. The van der Waals surface area contributed by atoms with Crippen molar-refractivity contribution in [3.8, 4) is 0 Å². The summed E-state index contributed by atoms with van der Waals surface area (Å²) in [6.07, 6.45) is -9.54. The first-order valence-corrected chi connectivity index (χ1v) is 3.45. The predicted molar refractivity (Wildman–Crippen MR) is 32.4 cm³/mol. The zero-order valence-corrected chi connectivity index (χ0v) is 6.08. The van der Waals surface area contributed by atoms with E-state index >= 15 is 0 Å². The summed E-state index contributed by atoms with van der Waals surface area (Å²) in [4.78, 5) is 0. The second-order valence-corrected chi connectivity index (χ2v) is 2.75. The number of aliphatic hydroxyl groups excluding tert-OH is 2. The van der Waals surface area contributed by atoms with Gasteiger partial charge in [0.1, 0.15) is 0 Å². The number of hydrogen-bond acceptors (Lipinski definition) is 3. The van der Waals surface area contributed by atoms with Crippen LogP contribution in [0.25, 0.3) is 0 Å². The average molecular weight is 186 g/mol. The van der Waals surface area contributed by atoms with E-state index in [1.807, 2.05) is 0 Å². The Hall–Kier alpha value is -0.330. The molecule has 0 aliphatic carbocycles. The van der Waals surface area contributed by atoms with Gasteiger partial charge in [-0.1, -0.05) is 0 Å². The van der Waals surface area contributed by atoms with Gasteiger partial charge < -0.3 is 14.9 Å². The van der Waals surface area contributed by atoms with Crippen molar-refractivity contribution in [2.45, 2.75) is 30.9 Å². The molecule has 12 heavy (non-hydrogen) atoms. The summed E-state index contributed by atoms with van der Waals surface area (Å²) in [6, 6.07) is 0. The van der Waals surface area contributed by atoms with Crippen LogP contribution in [-0.2, 0) is 4.74 Å². The fourth-order valence-electron chi connectivity index (χ4n) is 1.07. The van der Waals surface area contributed by atoms with E-state index in [9.17, 15) is 13.2 Å². The molecule has 1 fully saturated rings. The maximum Gasteiger partial charge on any atom is 0.416 e. The van der Waals surface area contributed by atoms with Gasteiger partial charge in [0.2, 0.25) is 0 Å². The Labute approximate surface area is 66.8 Å². The molecule has 1 aliphatic rings. The molecule has 0 spiro atoms. The standard InChI is InChI=1S/C6H9F3O3/c7-6(8,9)5(11)4-1-3(10)2-12-4/h3-5,10-11H,1-2H2/t3-,4+,5+/m1/s1. The van der Waals surface area contributed by atoms with Crippen LogP contribution in [0.1, 0.15) is 6.42 Å². The molecule has 0 amide bonds. The molecular weight excluding hydrogens is 177 g/mol. The van der Waals surface area contributed by atoms with E-state index in [1.54, 1.807) is 0 Å². The number of rotatable bonds is 1. The fourth-order valence-corrected chi connectivity index (χ4v) is 1.07. The SMILES string of the molecule is O[C@H]1CO[C@H]([C@H](O)C(F)(F)F)C1. The Morgan fingerprint density at radius 1 is 1.42 bits per heavy atom. The smallest absolute Gasteiger partial charge is 0.391 e. The van der Waals surface area contributed by atoms with Gasteiger partial charge >= 0.3 is 6.18 Å². The summed E-state index contributed by atoms with van der Waals surface area (Å²) < 4.78 is 40.0. The number of aliphatic hydroxyl groups is 2. The summed E-state index contributed by atoms with van der Waals surface area (Å²) in [5.41, 5.74) is 0. The van der Waals surface area contributed by atoms with Crippen LogP contribution in [0.4, 0.5) is 13.2 Å². The lowest BCUT2D eigenvalue weighted by Crippen LogP contribution is -2.39. The van der Waals surface area contributed by atoms with Gasteiger partial charge in [0, 0.05) is 6.42 Å². The Bertz CT molecular complexity index is 159. The highest BCUT2D eigenvalue weighted by Gasteiger charge is 2.46. The van der Waals surface area contributed by atoms with Gasteiger partial charge in [-0.05, 0) is 0 Å². The Morgan fingerprint density at radius 2 is 2.00 bits per heavy atom. The van der Waals surface area contributed by atoms with Crippen molar-refractivity contribution >= 4 is 0 Å². The van der Waals surface area contributed by atoms with Crippen LogP contribution < -0.4 is 0 Å². The second-order valence-electron chi connectivity index (χ2n) is 2.75. The molecule has 6 heteroatoms. The molecule has 1 rings (SSSR count). The van der Waals surface area contributed by atoms with E-state index < -0.39 is 24.5 Å². The van der Waals surface area contributed by atoms with Crippen LogP contribution in [0, 0.1) is 0 Å². The van der Waals surface area contributed by atoms with E-state index in [0.717, 1.165) is 0 Å². The first kappa shape index (κ1) is 9.76. The molecule has 0 bridgehead atoms. The van der Waals surface area contributed by atoms with Crippen molar-refractivity contribution in [1.82, 2.24) is 0 Å². The second kappa shape index (κ2) is 3.20. The summed E-state index contributed by atoms with van der Waals surface area (Å²) in [5, 5.41) is 17.5. The van der Waals surface area contributed by atoms with E-state index in [-0.39, 0.29) is 13.0 Å². The lowest BCUT2D eigenvalue weighted by molar-refractivity contribution is -0.230. The van der Waals surface area contributed by atoms with Gasteiger partial charge in [-0.2, -0.15) is 13.2 Å². The quantitative estimate of drug-likeness (QED) is 0.608. The summed E-state index contributed by atoms with van der Waals surface area (Å²) >= 11 is 0. The topological polar surface area (TPSA) is 49.7 Å². The minimum atomic E-state index is -4.67. The molecule has 1 aliphatic heterocycles. The van der Waals surface area contributed by atoms with Crippen molar-refractivity contribution < 1.29 is 28.1 Å². The molecule has 0 saturated carbocycles. The van der Waals surface area contributed by atoms with E-state index in [1.165, 1.54) is 0 Å². The molecule has 0 aromatic carbocycles. The average Bonchev–Trinajstić information content (AvgIpc) is 2.32. The highest BCUT2D eigenvalue weighted by atomic mass is 19.4. The Kier molecular flexibility index (Phi) is 2.60. The van der Waals surface area contributed by atoms with E-state index in [2.05, 4.69) is 4.74 Å². The molecular formula is C6H9F3O3. The molecule has 0 unspecified atom stereocenters. The molecule has 0 radical (unpaired) electrons.